The number of carboxylic acids is 1. The Bertz CT molecular complexity index is 183. The summed E-state index contributed by atoms with van der Waals surface area (Å²) in [7, 11) is 3.61. The van der Waals surface area contributed by atoms with Gasteiger partial charge in [0.05, 0.1) is 0 Å². The van der Waals surface area contributed by atoms with Gasteiger partial charge in [-0.15, -0.1) is 0 Å². The first-order valence-corrected chi connectivity index (χ1v) is 5.06. The van der Waals surface area contributed by atoms with Crippen LogP contribution in [0.4, 0.5) is 0 Å². The maximum Gasteiger partial charge on any atom is 0.323 e. The van der Waals surface area contributed by atoms with Gasteiger partial charge in [-0.1, -0.05) is 12.8 Å². The minimum atomic E-state index is -0.754. The van der Waals surface area contributed by atoms with E-state index in [-0.39, 0.29) is 0 Å². The number of carboxylic acid groups (broad SMARTS) is 1. The SMILES string of the molecule is CN(C)[C@@](C)(CCCCCN)C(=O)O. The van der Waals surface area contributed by atoms with Crippen LogP contribution in [0, 0.1) is 0 Å². The molecule has 0 aromatic carbocycles. The van der Waals surface area contributed by atoms with Gasteiger partial charge >= 0.3 is 5.97 Å². The van der Waals surface area contributed by atoms with Gasteiger partial charge in [0.2, 0.25) is 0 Å². The van der Waals surface area contributed by atoms with Gasteiger partial charge in [0.1, 0.15) is 5.54 Å². The minimum Gasteiger partial charge on any atom is -0.480 e. The number of nitrogens with zero attached hydrogens (tertiary/aromatic N) is 1. The molecule has 14 heavy (non-hydrogen) atoms. The number of hydrogen-bond donors (Lipinski definition) is 2. The zero-order chi connectivity index (χ0) is 11.2. The molecule has 0 unspecified atom stereocenters. The molecule has 0 aliphatic carbocycles. The fourth-order valence-electron chi connectivity index (χ4n) is 1.31. The van der Waals surface area contributed by atoms with Gasteiger partial charge in [0.15, 0.2) is 0 Å². The lowest BCUT2D eigenvalue weighted by molar-refractivity contribution is -0.149. The highest BCUT2D eigenvalue weighted by Crippen LogP contribution is 2.20. The molecule has 0 fully saturated rings. The van der Waals surface area contributed by atoms with E-state index in [4.69, 9.17) is 10.8 Å². The summed E-state index contributed by atoms with van der Waals surface area (Å²) in [6, 6.07) is 0. The summed E-state index contributed by atoms with van der Waals surface area (Å²) in [4.78, 5) is 12.8. The second-order valence-corrected chi connectivity index (χ2v) is 4.07. The molecule has 0 aliphatic rings. The lowest BCUT2D eigenvalue weighted by Crippen LogP contribution is -2.48. The van der Waals surface area contributed by atoms with Crippen LogP contribution in [0.2, 0.25) is 0 Å². The molecule has 0 rings (SSSR count). The summed E-state index contributed by atoms with van der Waals surface area (Å²) in [6.45, 7) is 2.45. The van der Waals surface area contributed by atoms with Crippen molar-refractivity contribution in [3.8, 4) is 0 Å². The van der Waals surface area contributed by atoms with E-state index in [9.17, 15) is 4.79 Å². The Hall–Kier alpha value is -0.610. The predicted octanol–water partition coefficient (Wildman–Crippen LogP) is 0.910. The number of nitrogens with two attached hydrogens (primary N) is 1. The van der Waals surface area contributed by atoms with Crippen LogP contribution in [-0.4, -0.2) is 42.2 Å². The number of unbranched alkanes of at least 4 members (excludes halogenated alkanes) is 2. The molecule has 0 aromatic rings. The standard InChI is InChI=1S/C10H22N2O2/c1-10(9(13)14,12(2)3)7-5-4-6-8-11/h4-8,11H2,1-3H3,(H,13,14)/t10-/m0/s1. The molecular formula is C10H22N2O2. The lowest BCUT2D eigenvalue weighted by atomic mass is 9.93. The summed E-state index contributed by atoms with van der Waals surface area (Å²) < 4.78 is 0. The highest BCUT2D eigenvalue weighted by Gasteiger charge is 2.34. The average Bonchev–Trinajstić information content (AvgIpc) is 2.11. The van der Waals surface area contributed by atoms with E-state index in [1.165, 1.54) is 0 Å². The summed E-state index contributed by atoms with van der Waals surface area (Å²) >= 11 is 0. The van der Waals surface area contributed by atoms with Crippen molar-refractivity contribution in [2.24, 2.45) is 5.73 Å². The van der Waals surface area contributed by atoms with Crippen molar-refractivity contribution < 1.29 is 9.90 Å². The normalized spacial score (nSPS) is 15.5. The van der Waals surface area contributed by atoms with E-state index in [1.807, 2.05) is 0 Å². The molecular weight excluding hydrogens is 180 g/mol. The van der Waals surface area contributed by atoms with Crippen molar-refractivity contribution in [1.82, 2.24) is 4.90 Å². The van der Waals surface area contributed by atoms with Crippen LogP contribution in [0.25, 0.3) is 0 Å². The molecule has 0 aromatic heterocycles. The fraction of sp³-hybridized carbons (Fsp3) is 0.900. The molecule has 0 amide bonds. The van der Waals surface area contributed by atoms with E-state index < -0.39 is 11.5 Å². The Morgan fingerprint density at radius 1 is 1.36 bits per heavy atom. The summed E-state index contributed by atoms with van der Waals surface area (Å²) in [5.74, 6) is -0.754. The number of likely N-dealkylation sites (N-methyl/N-ethyl adjacent to an activating group) is 1. The summed E-state index contributed by atoms with van der Waals surface area (Å²) in [5.41, 5.74) is 4.63. The molecule has 0 saturated carbocycles. The predicted molar refractivity (Wildman–Crippen MR) is 57.3 cm³/mol. The second kappa shape index (κ2) is 5.98. The van der Waals surface area contributed by atoms with Gasteiger partial charge in [-0.3, -0.25) is 9.69 Å². The molecule has 4 heteroatoms. The average molecular weight is 202 g/mol. The van der Waals surface area contributed by atoms with Crippen LogP contribution < -0.4 is 5.73 Å². The zero-order valence-corrected chi connectivity index (χ0v) is 9.42. The first-order valence-electron chi connectivity index (χ1n) is 5.06. The fourth-order valence-corrected chi connectivity index (χ4v) is 1.31. The number of carbonyl (C=O) groups is 1. The topological polar surface area (TPSA) is 66.6 Å². The highest BCUT2D eigenvalue weighted by atomic mass is 16.4. The largest absolute Gasteiger partial charge is 0.480 e. The van der Waals surface area contributed by atoms with E-state index in [0.29, 0.717) is 13.0 Å². The van der Waals surface area contributed by atoms with Gasteiger partial charge in [-0.25, -0.2) is 0 Å². The van der Waals surface area contributed by atoms with Crippen molar-refractivity contribution >= 4 is 5.97 Å². The molecule has 0 radical (unpaired) electrons. The smallest absolute Gasteiger partial charge is 0.323 e. The van der Waals surface area contributed by atoms with Crippen LogP contribution >= 0.6 is 0 Å². The molecule has 1 atom stereocenters. The van der Waals surface area contributed by atoms with Crippen molar-refractivity contribution in [3.63, 3.8) is 0 Å². The molecule has 0 bridgehead atoms. The highest BCUT2D eigenvalue weighted by molar-refractivity contribution is 5.78. The van der Waals surface area contributed by atoms with Crippen molar-refractivity contribution in [3.05, 3.63) is 0 Å². The molecule has 0 spiro atoms. The Kier molecular flexibility index (Phi) is 5.72. The summed E-state index contributed by atoms with van der Waals surface area (Å²) in [6.07, 6.45) is 3.57. The van der Waals surface area contributed by atoms with E-state index in [2.05, 4.69) is 0 Å². The quantitative estimate of drug-likeness (QED) is 0.602. The lowest BCUT2D eigenvalue weighted by Gasteiger charge is -2.32. The van der Waals surface area contributed by atoms with Crippen LogP contribution in [0.5, 0.6) is 0 Å². The Balaban J connectivity index is 4.05. The molecule has 0 saturated heterocycles. The monoisotopic (exact) mass is 202 g/mol. The molecule has 0 aliphatic heterocycles. The number of hydrogen-bond acceptors (Lipinski definition) is 3. The van der Waals surface area contributed by atoms with Crippen LogP contribution in [0.1, 0.15) is 32.6 Å². The van der Waals surface area contributed by atoms with Gasteiger partial charge in [0, 0.05) is 0 Å². The van der Waals surface area contributed by atoms with E-state index in [1.54, 1.807) is 25.9 Å². The minimum absolute atomic E-state index is 0.676. The zero-order valence-electron chi connectivity index (χ0n) is 9.42. The maximum atomic E-state index is 11.1. The van der Waals surface area contributed by atoms with Crippen molar-refractivity contribution in [2.75, 3.05) is 20.6 Å². The summed E-state index contributed by atoms with van der Waals surface area (Å²) in [5, 5.41) is 9.09. The number of aliphatic carboxylic acids is 1. The van der Waals surface area contributed by atoms with Crippen LogP contribution in [-0.2, 0) is 4.79 Å². The second-order valence-electron chi connectivity index (χ2n) is 4.07. The van der Waals surface area contributed by atoms with Gasteiger partial charge in [-0.2, -0.15) is 0 Å². The van der Waals surface area contributed by atoms with Crippen molar-refractivity contribution in [2.45, 2.75) is 38.1 Å². The third-order valence-electron chi connectivity index (χ3n) is 2.82. The third kappa shape index (κ3) is 3.64. The van der Waals surface area contributed by atoms with Crippen molar-refractivity contribution in [1.29, 1.82) is 0 Å². The van der Waals surface area contributed by atoms with Crippen LogP contribution in [0.3, 0.4) is 0 Å². The van der Waals surface area contributed by atoms with Gasteiger partial charge < -0.3 is 10.8 Å². The first-order chi connectivity index (χ1) is 6.45. The first kappa shape index (κ1) is 13.4. The third-order valence-corrected chi connectivity index (χ3v) is 2.82. The molecule has 4 nitrogen and oxygen atoms in total. The van der Waals surface area contributed by atoms with E-state index in [0.717, 1.165) is 19.3 Å². The Labute approximate surface area is 86.1 Å². The van der Waals surface area contributed by atoms with Gasteiger partial charge in [0.25, 0.3) is 0 Å². The molecule has 84 valence electrons. The molecule has 0 heterocycles. The molecule has 3 N–H and O–H groups in total. The maximum absolute atomic E-state index is 11.1. The number of rotatable bonds is 7. The van der Waals surface area contributed by atoms with E-state index >= 15 is 0 Å². The van der Waals surface area contributed by atoms with Crippen LogP contribution in [0.15, 0.2) is 0 Å². The Morgan fingerprint density at radius 3 is 2.29 bits per heavy atom. The Morgan fingerprint density at radius 2 is 1.93 bits per heavy atom. The van der Waals surface area contributed by atoms with Gasteiger partial charge in [-0.05, 0) is 40.4 Å².